The number of methoxy groups -OCH3 is 1. The highest BCUT2D eigenvalue weighted by atomic mass is 79.9. The summed E-state index contributed by atoms with van der Waals surface area (Å²) in [6, 6.07) is 8.02. The van der Waals surface area contributed by atoms with Gasteiger partial charge < -0.3 is 10.1 Å². The van der Waals surface area contributed by atoms with E-state index >= 15 is 0 Å². The maximum atomic E-state index is 5.42. The summed E-state index contributed by atoms with van der Waals surface area (Å²) in [5.41, 5.74) is 2.16. The molecule has 1 atom stereocenters. The second kappa shape index (κ2) is 5.54. The Bertz CT molecular complexity index is 519. The van der Waals surface area contributed by atoms with E-state index in [1.807, 2.05) is 37.0 Å². The van der Waals surface area contributed by atoms with E-state index in [1.165, 1.54) is 0 Å². The van der Waals surface area contributed by atoms with Crippen LogP contribution in [0.2, 0.25) is 0 Å². The SMILES string of the molecule is CNC(c1ccccc1OC)c1c(Br)cnn1C. The van der Waals surface area contributed by atoms with E-state index in [0.717, 1.165) is 21.5 Å². The molecule has 0 radical (unpaired) electrons. The second-order valence-corrected chi connectivity index (χ2v) is 4.82. The van der Waals surface area contributed by atoms with Gasteiger partial charge in [-0.1, -0.05) is 18.2 Å². The largest absolute Gasteiger partial charge is 0.496 e. The van der Waals surface area contributed by atoms with Crippen LogP contribution in [-0.2, 0) is 7.05 Å². The molecule has 18 heavy (non-hydrogen) atoms. The maximum absolute atomic E-state index is 5.42. The lowest BCUT2D eigenvalue weighted by molar-refractivity contribution is 0.404. The van der Waals surface area contributed by atoms with Crippen molar-refractivity contribution in [2.75, 3.05) is 14.2 Å². The Kier molecular flexibility index (Phi) is 4.04. The Labute approximate surface area is 115 Å². The van der Waals surface area contributed by atoms with Crippen LogP contribution in [0.5, 0.6) is 5.75 Å². The van der Waals surface area contributed by atoms with E-state index in [2.05, 4.69) is 32.4 Å². The molecule has 0 aliphatic rings. The highest BCUT2D eigenvalue weighted by Crippen LogP contribution is 2.32. The zero-order valence-corrected chi connectivity index (χ0v) is 12.2. The van der Waals surface area contributed by atoms with Gasteiger partial charge in [-0.3, -0.25) is 4.68 Å². The van der Waals surface area contributed by atoms with Crippen LogP contribution < -0.4 is 10.1 Å². The number of nitrogens with one attached hydrogen (secondary N) is 1. The van der Waals surface area contributed by atoms with Crippen molar-refractivity contribution in [2.24, 2.45) is 7.05 Å². The van der Waals surface area contributed by atoms with Gasteiger partial charge in [0.25, 0.3) is 0 Å². The van der Waals surface area contributed by atoms with E-state index in [9.17, 15) is 0 Å². The van der Waals surface area contributed by atoms with Gasteiger partial charge in [-0.2, -0.15) is 5.10 Å². The number of aryl methyl sites for hydroxylation is 1. The van der Waals surface area contributed by atoms with Crippen LogP contribution in [0.1, 0.15) is 17.3 Å². The number of benzene rings is 1. The summed E-state index contributed by atoms with van der Waals surface area (Å²) >= 11 is 3.54. The maximum Gasteiger partial charge on any atom is 0.124 e. The van der Waals surface area contributed by atoms with E-state index in [1.54, 1.807) is 13.3 Å². The van der Waals surface area contributed by atoms with Crippen LogP contribution in [0, 0.1) is 0 Å². The Morgan fingerprint density at radius 2 is 2.11 bits per heavy atom. The van der Waals surface area contributed by atoms with Crippen molar-refractivity contribution in [3.8, 4) is 5.75 Å². The monoisotopic (exact) mass is 309 g/mol. The minimum Gasteiger partial charge on any atom is -0.496 e. The van der Waals surface area contributed by atoms with Crippen molar-refractivity contribution in [1.29, 1.82) is 0 Å². The number of ether oxygens (including phenoxy) is 1. The van der Waals surface area contributed by atoms with Crippen LogP contribution in [0.15, 0.2) is 34.9 Å². The molecule has 1 unspecified atom stereocenters. The van der Waals surface area contributed by atoms with Crippen LogP contribution >= 0.6 is 15.9 Å². The fourth-order valence-electron chi connectivity index (χ4n) is 2.09. The number of halogens is 1. The predicted octanol–water partition coefficient (Wildman–Crippen LogP) is 2.50. The smallest absolute Gasteiger partial charge is 0.124 e. The van der Waals surface area contributed by atoms with E-state index in [-0.39, 0.29) is 6.04 Å². The van der Waals surface area contributed by atoms with Gasteiger partial charge in [-0.05, 0) is 29.0 Å². The molecule has 5 heteroatoms. The first-order chi connectivity index (χ1) is 8.69. The molecule has 1 aromatic carbocycles. The van der Waals surface area contributed by atoms with Crippen molar-refractivity contribution in [1.82, 2.24) is 15.1 Å². The summed E-state index contributed by atoms with van der Waals surface area (Å²) in [5, 5.41) is 7.56. The zero-order valence-electron chi connectivity index (χ0n) is 10.6. The Morgan fingerprint density at radius 1 is 1.39 bits per heavy atom. The van der Waals surface area contributed by atoms with Gasteiger partial charge in [0.2, 0.25) is 0 Å². The highest BCUT2D eigenvalue weighted by molar-refractivity contribution is 9.10. The summed E-state index contributed by atoms with van der Waals surface area (Å²) in [7, 11) is 5.54. The van der Waals surface area contributed by atoms with Crippen LogP contribution in [-0.4, -0.2) is 23.9 Å². The standard InChI is InChI=1S/C13H16BrN3O/c1-15-12(13-10(14)8-16-17(13)2)9-6-4-5-7-11(9)18-3/h4-8,12,15H,1-3H3. The lowest BCUT2D eigenvalue weighted by atomic mass is 10.0. The first-order valence-electron chi connectivity index (χ1n) is 5.66. The average molecular weight is 310 g/mol. The van der Waals surface area contributed by atoms with Crippen molar-refractivity contribution in [2.45, 2.75) is 6.04 Å². The summed E-state index contributed by atoms with van der Waals surface area (Å²) in [6.45, 7) is 0. The number of para-hydroxylation sites is 1. The summed E-state index contributed by atoms with van der Waals surface area (Å²) < 4.78 is 8.26. The minimum absolute atomic E-state index is 0.0306. The molecule has 1 N–H and O–H groups in total. The Hall–Kier alpha value is -1.33. The molecule has 0 saturated heterocycles. The van der Waals surface area contributed by atoms with E-state index in [4.69, 9.17) is 4.74 Å². The molecule has 4 nitrogen and oxygen atoms in total. The van der Waals surface area contributed by atoms with Crippen LogP contribution in [0.4, 0.5) is 0 Å². The molecule has 0 amide bonds. The number of hydrogen-bond donors (Lipinski definition) is 1. The molecule has 0 saturated carbocycles. The van der Waals surface area contributed by atoms with Gasteiger partial charge in [-0.25, -0.2) is 0 Å². The fraction of sp³-hybridized carbons (Fsp3) is 0.308. The van der Waals surface area contributed by atoms with Gasteiger partial charge >= 0.3 is 0 Å². The Morgan fingerprint density at radius 3 is 2.67 bits per heavy atom. The zero-order chi connectivity index (χ0) is 13.1. The predicted molar refractivity (Wildman–Crippen MR) is 74.8 cm³/mol. The Balaban J connectivity index is 2.52. The highest BCUT2D eigenvalue weighted by Gasteiger charge is 2.21. The van der Waals surface area contributed by atoms with Gasteiger partial charge in [0.05, 0.1) is 29.5 Å². The summed E-state index contributed by atoms with van der Waals surface area (Å²) in [4.78, 5) is 0. The molecule has 0 aliphatic heterocycles. The van der Waals surface area contributed by atoms with Crippen molar-refractivity contribution in [3.63, 3.8) is 0 Å². The van der Waals surface area contributed by atoms with Crippen LogP contribution in [0.3, 0.4) is 0 Å². The second-order valence-electron chi connectivity index (χ2n) is 3.96. The fourth-order valence-corrected chi connectivity index (χ4v) is 2.67. The molecule has 0 bridgehead atoms. The number of nitrogens with zero attached hydrogens (tertiary/aromatic N) is 2. The molecule has 0 spiro atoms. The summed E-state index contributed by atoms with van der Waals surface area (Å²) in [5.74, 6) is 0.866. The van der Waals surface area contributed by atoms with Gasteiger partial charge in [0.1, 0.15) is 5.75 Å². The van der Waals surface area contributed by atoms with Crippen LogP contribution in [0.25, 0.3) is 0 Å². The molecule has 1 heterocycles. The molecule has 1 aromatic heterocycles. The minimum atomic E-state index is 0.0306. The van der Waals surface area contributed by atoms with Crippen molar-refractivity contribution < 1.29 is 4.74 Å². The van der Waals surface area contributed by atoms with E-state index in [0.29, 0.717) is 0 Å². The molecular formula is C13H16BrN3O. The average Bonchev–Trinajstić information content (AvgIpc) is 2.72. The third-order valence-electron chi connectivity index (χ3n) is 2.95. The molecule has 0 aliphatic carbocycles. The molecule has 2 aromatic rings. The molecule has 96 valence electrons. The van der Waals surface area contributed by atoms with Crippen molar-refractivity contribution in [3.05, 3.63) is 46.2 Å². The first-order valence-corrected chi connectivity index (χ1v) is 6.46. The normalized spacial score (nSPS) is 12.4. The first kappa shape index (κ1) is 13.1. The topological polar surface area (TPSA) is 39.1 Å². The lowest BCUT2D eigenvalue weighted by Gasteiger charge is -2.20. The molecular weight excluding hydrogens is 294 g/mol. The third kappa shape index (κ3) is 2.28. The van der Waals surface area contributed by atoms with Crippen molar-refractivity contribution >= 4 is 15.9 Å². The molecule has 2 rings (SSSR count). The number of aromatic nitrogens is 2. The third-order valence-corrected chi connectivity index (χ3v) is 3.56. The van der Waals surface area contributed by atoms with Gasteiger partial charge in [0.15, 0.2) is 0 Å². The number of rotatable bonds is 4. The lowest BCUT2D eigenvalue weighted by Crippen LogP contribution is -2.21. The van der Waals surface area contributed by atoms with Gasteiger partial charge in [-0.15, -0.1) is 0 Å². The summed E-state index contributed by atoms with van der Waals surface area (Å²) in [6.07, 6.45) is 1.80. The number of hydrogen-bond acceptors (Lipinski definition) is 3. The van der Waals surface area contributed by atoms with E-state index < -0.39 is 0 Å². The van der Waals surface area contributed by atoms with Gasteiger partial charge in [0, 0.05) is 12.6 Å². The molecule has 0 fully saturated rings. The quantitative estimate of drug-likeness (QED) is 0.943.